The highest BCUT2D eigenvalue weighted by atomic mass is 32.2. The molecular formula is C22H18O8S. The molecule has 0 heterocycles. The summed E-state index contributed by atoms with van der Waals surface area (Å²) in [5.41, 5.74) is 0.741. The standard InChI is InChI=1S/C22H18O8S/c1-14-3-7-16(8-4-14)31(26,27)17-9-5-15(6-10-17)30-21-11-18(22(24)25)19(28-2)12-20(21)29-13-23/h3-13H,1-2H3,(H,24,25). The lowest BCUT2D eigenvalue weighted by atomic mass is 10.1. The number of hydrogen-bond acceptors (Lipinski definition) is 7. The van der Waals surface area contributed by atoms with Gasteiger partial charge in [0.2, 0.25) is 9.84 Å². The Morgan fingerprint density at radius 3 is 2.00 bits per heavy atom. The average Bonchev–Trinajstić information content (AvgIpc) is 2.75. The molecule has 0 amide bonds. The van der Waals surface area contributed by atoms with Crippen molar-refractivity contribution in [1.29, 1.82) is 0 Å². The van der Waals surface area contributed by atoms with E-state index in [0.717, 1.165) is 11.6 Å². The van der Waals surface area contributed by atoms with E-state index in [0.29, 0.717) is 0 Å². The summed E-state index contributed by atoms with van der Waals surface area (Å²) in [6, 6.07) is 14.4. The molecule has 8 nitrogen and oxygen atoms in total. The van der Waals surface area contributed by atoms with Gasteiger partial charge >= 0.3 is 5.97 Å². The van der Waals surface area contributed by atoms with Crippen molar-refractivity contribution < 1.29 is 37.3 Å². The van der Waals surface area contributed by atoms with Gasteiger partial charge < -0.3 is 19.3 Å². The Bertz CT molecular complexity index is 1210. The van der Waals surface area contributed by atoms with Crippen molar-refractivity contribution in [2.45, 2.75) is 16.7 Å². The third-order valence-corrected chi connectivity index (χ3v) is 6.15. The van der Waals surface area contributed by atoms with Gasteiger partial charge in [-0.05, 0) is 43.3 Å². The van der Waals surface area contributed by atoms with Gasteiger partial charge in [0.1, 0.15) is 17.1 Å². The Labute approximate surface area is 178 Å². The van der Waals surface area contributed by atoms with E-state index >= 15 is 0 Å². The predicted molar refractivity (Wildman–Crippen MR) is 110 cm³/mol. The van der Waals surface area contributed by atoms with Crippen LogP contribution in [0.3, 0.4) is 0 Å². The van der Waals surface area contributed by atoms with Crippen LogP contribution in [0.4, 0.5) is 0 Å². The maximum Gasteiger partial charge on any atom is 0.339 e. The van der Waals surface area contributed by atoms with E-state index in [1.165, 1.54) is 49.6 Å². The first kappa shape index (κ1) is 21.8. The number of hydrogen-bond donors (Lipinski definition) is 1. The second-order valence-corrected chi connectivity index (χ2v) is 8.36. The molecule has 0 fully saturated rings. The van der Waals surface area contributed by atoms with E-state index in [1.54, 1.807) is 12.1 Å². The molecule has 0 aromatic heterocycles. The van der Waals surface area contributed by atoms with Crippen LogP contribution in [0.15, 0.2) is 70.5 Å². The fourth-order valence-corrected chi connectivity index (χ4v) is 4.03. The van der Waals surface area contributed by atoms with E-state index < -0.39 is 15.8 Å². The van der Waals surface area contributed by atoms with Gasteiger partial charge in [-0.25, -0.2) is 13.2 Å². The smallest absolute Gasteiger partial charge is 0.339 e. The van der Waals surface area contributed by atoms with E-state index in [2.05, 4.69) is 0 Å². The molecule has 0 saturated heterocycles. The monoisotopic (exact) mass is 442 g/mol. The zero-order valence-electron chi connectivity index (χ0n) is 16.6. The first-order chi connectivity index (χ1) is 14.8. The van der Waals surface area contributed by atoms with Gasteiger partial charge in [-0.15, -0.1) is 0 Å². The average molecular weight is 442 g/mol. The summed E-state index contributed by atoms with van der Waals surface area (Å²) < 4.78 is 41.0. The Balaban J connectivity index is 1.93. The van der Waals surface area contributed by atoms with E-state index in [9.17, 15) is 23.1 Å². The molecule has 3 rings (SSSR count). The Kier molecular flexibility index (Phi) is 6.26. The van der Waals surface area contributed by atoms with Gasteiger partial charge in [-0.2, -0.15) is 0 Å². The van der Waals surface area contributed by atoms with E-state index in [4.69, 9.17) is 14.2 Å². The highest BCUT2D eigenvalue weighted by molar-refractivity contribution is 7.91. The summed E-state index contributed by atoms with van der Waals surface area (Å²) in [5, 5.41) is 9.35. The summed E-state index contributed by atoms with van der Waals surface area (Å²) in [6.07, 6.45) is 0. The Morgan fingerprint density at radius 1 is 0.903 bits per heavy atom. The summed E-state index contributed by atoms with van der Waals surface area (Å²) in [6.45, 7) is 2.03. The van der Waals surface area contributed by atoms with E-state index in [1.807, 2.05) is 6.92 Å². The zero-order valence-corrected chi connectivity index (χ0v) is 17.4. The summed E-state index contributed by atoms with van der Waals surface area (Å²) in [7, 11) is -2.43. The first-order valence-electron chi connectivity index (χ1n) is 8.91. The van der Waals surface area contributed by atoms with Crippen LogP contribution >= 0.6 is 0 Å². The molecule has 0 radical (unpaired) electrons. The van der Waals surface area contributed by atoms with Crippen LogP contribution in [0.25, 0.3) is 0 Å². The molecule has 0 aliphatic rings. The van der Waals surface area contributed by atoms with Crippen LogP contribution in [0.1, 0.15) is 15.9 Å². The normalized spacial score (nSPS) is 10.9. The number of sulfone groups is 1. The number of carboxylic acid groups (broad SMARTS) is 1. The number of carbonyl (C=O) groups is 2. The lowest BCUT2D eigenvalue weighted by molar-refractivity contribution is -0.120. The van der Waals surface area contributed by atoms with Gasteiger partial charge in [0, 0.05) is 12.1 Å². The van der Waals surface area contributed by atoms with Gasteiger partial charge in [0.25, 0.3) is 6.47 Å². The SMILES string of the molecule is COc1cc(OC=O)c(Oc2ccc(S(=O)(=O)c3ccc(C)cc3)cc2)cc1C(=O)O. The molecule has 0 aliphatic carbocycles. The quantitative estimate of drug-likeness (QED) is 0.523. The maximum atomic E-state index is 12.8. The van der Waals surface area contributed by atoms with Gasteiger partial charge in [0.15, 0.2) is 11.5 Å². The third-order valence-electron chi connectivity index (χ3n) is 4.36. The number of ether oxygens (including phenoxy) is 3. The van der Waals surface area contributed by atoms with Crippen molar-refractivity contribution in [2.24, 2.45) is 0 Å². The molecular weight excluding hydrogens is 424 g/mol. The number of carboxylic acids is 1. The molecule has 3 aromatic carbocycles. The highest BCUT2D eigenvalue weighted by Crippen LogP contribution is 2.38. The molecule has 3 aromatic rings. The van der Waals surface area contributed by atoms with Crippen molar-refractivity contribution in [3.8, 4) is 23.0 Å². The molecule has 9 heteroatoms. The molecule has 0 unspecified atom stereocenters. The van der Waals surface area contributed by atoms with Crippen LogP contribution in [-0.2, 0) is 14.6 Å². The lowest BCUT2D eigenvalue weighted by Gasteiger charge is -2.13. The highest BCUT2D eigenvalue weighted by Gasteiger charge is 2.20. The van der Waals surface area contributed by atoms with Crippen LogP contribution in [-0.4, -0.2) is 33.1 Å². The predicted octanol–water partition coefficient (Wildman–Crippen LogP) is 3.86. The number of rotatable bonds is 8. The fourth-order valence-electron chi connectivity index (χ4n) is 2.77. The number of aromatic carboxylic acids is 1. The minimum Gasteiger partial charge on any atom is -0.496 e. The second-order valence-electron chi connectivity index (χ2n) is 6.41. The van der Waals surface area contributed by atoms with Crippen LogP contribution in [0.2, 0.25) is 0 Å². The Hall–Kier alpha value is -3.85. The topological polar surface area (TPSA) is 116 Å². The lowest BCUT2D eigenvalue weighted by Crippen LogP contribution is -2.03. The molecule has 0 spiro atoms. The molecule has 31 heavy (non-hydrogen) atoms. The number of carbonyl (C=O) groups excluding carboxylic acids is 1. The van der Waals surface area contributed by atoms with E-state index in [-0.39, 0.29) is 44.8 Å². The molecule has 160 valence electrons. The zero-order chi connectivity index (χ0) is 22.6. The number of benzene rings is 3. The van der Waals surface area contributed by atoms with Crippen LogP contribution in [0, 0.1) is 6.92 Å². The molecule has 0 saturated carbocycles. The summed E-state index contributed by atoms with van der Waals surface area (Å²) in [5.74, 6) is -1.19. The molecule has 1 N–H and O–H groups in total. The minimum absolute atomic E-state index is 0.0174. The minimum atomic E-state index is -3.71. The van der Waals surface area contributed by atoms with Crippen LogP contribution < -0.4 is 14.2 Å². The van der Waals surface area contributed by atoms with Crippen molar-refractivity contribution in [3.63, 3.8) is 0 Å². The van der Waals surface area contributed by atoms with Crippen molar-refractivity contribution in [2.75, 3.05) is 7.11 Å². The first-order valence-corrected chi connectivity index (χ1v) is 10.4. The largest absolute Gasteiger partial charge is 0.496 e. The van der Waals surface area contributed by atoms with Crippen molar-refractivity contribution >= 4 is 22.3 Å². The third kappa shape index (κ3) is 4.67. The van der Waals surface area contributed by atoms with Gasteiger partial charge in [0.05, 0.1) is 16.9 Å². The molecule has 0 bridgehead atoms. The Morgan fingerprint density at radius 2 is 1.48 bits per heavy atom. The second kappa shape index (κ2) is 8.88. The summed E-state index contributed by atoms with van der Waals surface area (Å²) >= 11 is 0. The number of methoxy groups -OCH3 is 1. The van der Waals surface area contributed by atoms with Crippen molar-refractivity contribution in [3.05, 3.63) is 71.8 Å². The number of aryl methyl sites for hydroxylation is 1. The van der Waals surface area contributed by atoms with Gasteiger partial charge in [-0.3, -0.25) is 4.79 Å². The van der Waals surface area contributed by atoms with Gasteiger partial charge in [-0.1, -0.05) is 17.7 Å². The van der Waals surface area contributed by atoms with Crippen molar-refractivity contribution in [1.82, 2.24) is 0 Å². The summed E-state index contributed by atoms with van der Waals surface area (Å²) in [4.78, 5) is 22.5. The maximum absolute atomic E-state index is 12.8. The molecule has 0 aliphatic heterocycles. The fraction of sp³-hybridized carbons (Fsp3) is 0.0909. The molecule has 0 atom stereocenters. The van der Waals surface area contributed by atoms with Crippen LogP contribution in [0.5, 0.6) is 23.0 Å².